The van der Waals surface area contributed by atoms with E-state index >= 15 is 0 Å². The van der Waals surface area contributed by atoms with Crippen LogP contribution < -0.4 is 10.9 Å². The third kappa shape index (κ3) is 7.53. The number of nitrogens with one attached hydrogen (secondary N) is 2. The molecule has 0 aromatic heterocycles. The summed E-state index contributed by atoms with van der Waals surface area (Å²) in [6.45, 7) is 4.18. The molecule has 0 unspecified atom stereocenters. The molecule has 6 heteroatoms. The van der Waals surface area contributed by atoms with E-state index in [1.54, 1.807) is 12.4 Å². The molecule has 2 aromatic rings. The summed E-state index contributed by atoms with van der Waals surface area (Å²) in [4.78, 5) is 23.5. The van der Waals surface area contributed by atoms with Gasteiger partial charge in [-0.05, 0) is 35.1 Å². The predicted octanol–water partition coefficient (Wildman–Crippen LogP) is 3.19. The topological polar surface area (TPSA) is 82.9 Å². The summed E-state index contributed by atoms with van der Waals surface area (Å²) < 4.78 is 0. The van der Waals surface area contributed by atoms with Crippen LogP contribution in [0.5, 0.6) is 0 Å². The van der Waals surface area contributed by atoms with Gasteiger partial charge in [0.2, 0.25) is 11.8 Å². The lowest BCUT2D eigenvalue weighted by atomic mass is 10.1. The van der Waals surface area contributed by atoms with Crippen molar-refractivity contribution in [1.82, 2.24) is 10.9 Å². The molecule has 6 nitrogen and oxygen atoms in total. The number of hydrogen-bond acceptors (Lipinski definition) is 4. The zero-order chi connectivity index (χ0) is 20.2. The minimum Gasteiger partial charge on any atom is -0.273 e. The van der Waals surface area contributed by atoms with Crippen LogP contribution in [-0.4, -0.2) is 24.2 Å². The quantitative estimate of drug-likeness (QED) is 0.519. The molecular weight excluding hydrogens is 352 g/mol. The van der Waals surface area contributed by atoms with Crippen molar-refractivity contribution in [1.29, 1.82) is 0 Å². The zero-order valence-corrected chi connectivity index (χ0v) is 16.3. The van der Waals surface area contributed by atoms with Crippen LogP contribution in [0.1, 0.15) is 48.9 Å². The fourth-order valence-electron chi connectivity index (χ4n) is 2.38. The number of nitrogens with zero attached hydrogens (tertiary/aromatic N) is 2. The van der Waals surface area contributed by atoms with E-state index in [1.807, 2.05) is 48.5 Å². The normalized spacial score (nSPS) is 11.1. The maximum Gasteiger partial charge on any atom is 0.240 e. The Balaban J connectivity index is 1.67. The predicted molar refractivity (Wildman–Crippen MR) is 112 cm³/mol. The molecule has 0 heterocycles. The Morgan fingerprint density at radius 2 is 1.07 bits per heavy atom. The minimum atomic E-state index is -0.323. The molecule has 0 bridgehead atoms. The van der Waals surface area contributed by atoms with Crippen molar-refractivity contribution < 1.29 is 9.59 Å². The Hall–Kier alpha value is -3.28. The second-order valence-corrected chi connectivity index (χ2v) is 6.28. The van der Waals surface area contributed by atoms with E-state index in [4.69, 9.17) is 0 Å². The van der Waals surface area contributed by atoms with Crippen LogP contribution in [0.3, 0.4) is 0 Å². The summed E-state index contributed by atoms with van der Waals surface area (Å²) in [5.41, 5.74) is 9.13. The Bertz CT molecular complexity index is 753. The zero-order valence-electron chi connectivity index (χ0n) is 16.3. The fourth-order valence-corrected chi connectivity index (χ4v) is 2.38. The first kappa shape index (κ1) is 21.0. The molecule has 2 rings (SSSR count). The van der Waals surface area contributed by atoms with E-state index in [1.165, 1.54) is 11.1 Å². The first-order chi connectivity index (χ1) is 13.6. The molecule has 0 aliphatic heterocycles. The molecule has 2 N–H and O–H groups in total. The van der Waals surface area contributed by atoms with E-state index in [9.17, 15) is 9.59 Å². The van der Waals surface area contributed by atoms with Crippen LogP contribution in [0, 0.1) is 0 Å². The lowest BCUT2D eigenvalue weighted by Gasteiger charge is -2.01. The molecule has 2 aromatic carbocycles. The van der Waals surface area contributed by atoms with Gasteiger partial charge in [-0.3, -0.25) is 9.59 Å². The summed E-state index contributed by atoms with van der Waals surface area (Å²) in [6.07, 6.45) is 5.19. The van der Waals surface area contributed by atoms with E-state index in [2.05, 4.69) is 34.9 Å². The molecular formula is C22H26N4O2. The molecule has 0 saturated carbocycles. The van der Waals surface area contributed by atoms with Crippen molar-refractivity contribution in [2.45, 2.75) is 39.5 Å². The number of rotatable bonds is 9. The standard InChI is InChI=1S/C22H26N4O2/c1-3-17-5-9-19(10-6-17)15-23-25-21(27)13-14-22(28)26-24-16-20-11-7-18(4-2)8-12-20/h5-12,15-16H,3-4,13-14H2,1-2H3,(H,25,27)(H,26,28)/b23-15+,24-16+. The maximum absolute atomic E-state index is 11.8. The molecule has 0 saturated heterocycles. The van der Waals surface area contributed by atoms with Crippen LogP contribution in [0.4, 0.5) is 0 Å². The SMILES string of the molecule is CCc1ccc(/C=N/NC(=O)CCC(=O)N/N=C/c2ccc(CC)cc2)cc1. The molecule has 0 atom stereocenters. The minimum absolute atomic E-state index is 0.0403. The van der Waals surface area contributed by atoms with Crippen molar-refractivity contribution in [3.05, 3.63) is 70.8 Å². The smallest absolute Gasteiger partial charge is 0.240 e. The molecule has 28 heavy (non-hydrogen) atoms. The van der Waals surface area contributed by atoms with Gasteiger partial charge >= 0.3 is 0 Å². The number of carbonyl (C=O) groups excluding carboxylic acids is 2. The van der Waals surface area contributed by atoms with Gasteiger partial charge in [0.15, 0.2) is 0 Å². The van der Waals surface area contributed by atoms with Gasteiger partial charge in [-0.15, -0.1) is 0 Å². The number of benzene rings is 2. The Morgan fingerprint density at radius 1 is 0.714 bits per heavy atom. The van der Waals surface area contributed by atoms with Crippen LogP contribution in [0.15, 0.2) is 58.7 Å². The van der Waals surface area contributed by atoms with Gasteiger partial charge in [0, 0.05) is 12.8 Å². The third-order valence-electron chi connectivity index (χ3n) is 4.16. The molecule has 0 aliphatic rings. The van der Waals surface area contributed by atoms with Gasteiger partial charge in [0.1, 0.15) is 0 Å². The molecule has 0 aliphatic carbocycles. The molecule has 0 fully saturated rings. The maximum atomic E-state index is 11.8. The van der Waals surface area contributed by atoms with Gasteiger partial charge in [-0.25, -0.2) is 10.9 Å². The van der Waals surface area contributed by atoms with Crippen molar-refractivity contribution in [2.75, 3.05) is 0 Å². The summed E-state index contributed by atoms with van der Waals surface area (Å²) in [5, 5.41) is 7.81. The second-order valence-electron chi connectivity index (χ2n) is 6.28. The highest BCUT2D eigenvalue weighted by Crippen LogP contribution is 2.03. The first-order valence-corrected chi connectivity index (χ1v) is 9.42. The lowest BCUT2D eigenvalue weighted by Crippen LogP contribution is -2.22. The highest BCUT2D eigenvalue weighted by Gasteiger charge is 2.05. The number of hydrazone groups is 2. The Labute approximate surface area is 165 Å². The van der Waals surface area contributed by atoms with Crippen molar-refractivity contribution >= 4 is 24.2 Å². The third-order valence-corrected chi connectivity index (χ3v) is 4.16. The number of amides is 2. The number of carbonyl (C=O) groups is 2. The van der Waals surface area contributed by atoms with Crippen molar-refractivity contribution in [3.8, 4) is 0 Å². The fraction of sp³-hybridized carbons (Fsp3) is 0.273. The van der Waals surface area contributed by atoms with Crippen LogP contribution in [-0.2, 0) is 22.4 Å². The van der Waals surface area contributed by atoms with Gasteiger partial charge in [0.25, 0.3) is 0 Å². The van der Waals surface area contributed by atoms with Crippen LogP contribution in [0.25, 0.3) is 0 Å². The van der Waals surface area contributed by atoms with E-state index < -0.39 is 0 Å². The average molecular weight is 378 g/mol. The lowest BCUT2D eigenvalue weighted by molar-refractivity contribution is -0.126. The number of hydrogen-bond donors (Lipinski definition) is 2. The molecule has 2 amide bonds. The van der Waals surface area contributed by atoms with E-state index in [-0.39, 0.29) is 24.7 Å². The van der Waals surface area contributed by atoms with E-state index in [0.717, 1.165) is 24.0 Å². The summed E-state index contributed by atoms with van der Waals surface area (Å²) >= 11 is 0. The highest BCUT2D eigenvalue weighted by molar-refractivity contribution is 5.86. The van der Waals surface area contributed by atoms with Crippen molar-refractivity contribution in [3.63, 3.8) is 0 Å². The summed E-state index contributed by atoms with van der Waals surface area (Å²) in [5.74, 6) is -0.647. The van der Waals surface area contributed by atoms with Crippen LogP contribution in [0.2, 0.25) is 0 Å². The van der Waals surface area contributed by atoms with Crippen molar-refractivity contribution in [2.24, 2.45) is 10.2 Å². The second kappa shape index (κ2) is 11.4. The molecule has 0 spiro atoms. The molecule has 146 valence electrons. The largest absolute Gasteiger partial charge is 0.273 e. The highest BCUT2D eigenvalue weighted by atomic mass is 16.2. The first-order valence-electron chi connectivity index (χ1n) is 9.42. The molecule has 0 radical (unpaired) electrons. The van der Waals surface area contributed by atoms with Gasteiger partial charge in [-0.1, -0.05) is 62.4 Å². The average Bonchev–Trinajstić information content (AvgIpc) is 2.73. The summed E-state index contributed by atoms with van der Waals surface area (Å²) in [6, 6.07) is 15.8. The van der Waals surface area contributed by atoms with E-state index in [0.29, 0.717) is 0 Å². The van der Waals surface area contributed by atoms with Gasteiger partial charge < -0.3 is 0 Å². The monoisotopic (exact) mass is 378 g/mol. The Kier molecular flexibility index (Phi) is 8.59. The van der Waals surface area contributed by atoms with Crippen LogP contribution >= 0.6 is 0 Å². The number of aryl methyl sites for hydroxylation is 2. The van der Waals surface area contributed by atoms with Gasteiger partial charge in [0.05, 0.1) is 12.4 Å². The van der Waals surface area contributed by atoms with Gasteiger partial charge in [-0.2, -0.15) is 10.2 Å². The Morgan fingerprint density at radius 3 is 1.39 bits per heavy atom. The summed E-state index contributed by atoms with van der Waals surface area (Å²) in [7, 11) is 0.